The minimum Gasteiger partial charge on any atom is -0.382 e. The Morgan fingerprint density at radius 2 is 1.67 bits per heavy atom. The Labute approximate surface area is 211 Å². The summed E-state index contributed by atoms with van der Waals surface area (Å²) in [6, 6.07) is 4.73. The second kappa shape index (κ2) is 10.7. The highest BCUT2D eigenvalue weighted by Crippen LogP contribution is 2.35. The molecule has 1 aliphatic carbocycles. The molecular formula is C21H26ClF3N4O5S2. The van der Waals surface area contributed by atoms with Gasteiger partial charge in [0, 0.05) is 28.2 Å². The molecule has 0 unspecified atom stereocenters. The van der Waals surface area contributed by atoms with Crippen LogP contribution in [0.3, 0.4) is 0 Å². The molecule has 3 rings (SSSR count). The number of nitrogens with zero attached hydrogens (tertiary/aromatic N) is 2. The highest BCUT2D eigenvalue weighted by molar-refractivity contribution is 8.67. The van der Waals surface area contributed by atoms with Gasteiger partial charge in [-0.1, -0.05) is 11.6 Å². The van der Waals surface area contributed by atoms with E-state index >= 15 is 0 Å². The molecule has 0 saturated heterocycles. The van der Waals surface area contributed by atoms with Crippen LogP contribution >= 0.6 is 11.6 Å². The third kappa shape index (κ3) is 6.99. The normalized spacial score (nSPS) is 19.4. The van der Waals surface area contributed by atoms with Crippen LogP contribution in [0.2, 0.25) is 5.02 Å². The van der Waals surface area contributed by atoms with Crippen molar-refractivity contribution >= 4 is 51.8 Å². The summed E-state index contributed by atoms with van der Waals surface area (Å²) < 4.78 is 88.3. The summed E-state index contributed by atoms with van der Waals surface area (Å²) in [5, 5.41) is 6.46. The molecule has 1 aliphatic rings. The Bertz CT molecular complexity index is 1340. The number of hydrogen-bond donors (Lipinski definition) is 2. The number of carbonyl (C=O) groups is 1. The number of aromatic nitrogens is 1. The van der Waals surface area contributed by atoms with Crippen LogP contribution in [0.15, 0.2) is 24.3 Å². The molecule has 1 aromatic heterocycles. The fraction of sp³-hybridized carbons (Fsp3) is 0.524. The Balaban J connectivity index is 1.64. The SMILES string of the molecule is CN(C)CS(=O)(=O)S(=O)(=O)CC(=O)NC1CCC(Nc2cc(C(F)(F)F)nc3ccc(Cl)cc23)CC1. The van der Waals surface area contributed by atoms with Gasteiger partial charge in [0.1, 0.15) is 17.3 Å². The van der Waals surface area contributed by atoms with E-state index in [9.17, 15) is 34.8 Å². The number of halogens is 4. The zero-order valence-electron chi connectivity index (χ0n) is 19.5. The number of alkyl halides is 3. The van der Waals surface area contributed by atoms with Crippen molar-refractivity contribution < 1.29 is 34.8 Å². The molecular weight excluding hydrogens is 545 g/mol. The number of anilines is 1. The Morgan fingerprint density at radius 1 is 1.06 bits per heavy atom. The Kier molecular flexibility index (Phi) is 8.43. The fourth-order valence-electron chi connectivity index (χ4n) is 3.98. The van der Waals surface area contributed by atoms with E-state index < -0.39 is 53.2 Å². The van der Waals surface area contributed by atoms with Gasteiger partial charge in [0.2, 0.25) is 5.91 Å². The molecule has 1 fully saturated rings. The van der Waals surface area contributed by atoms with E-state index in [0.717, 1.165) is 6.07 Å². The van der Waals surface area contributed by atoms with Crippen LogP contribution in [0.25, 0.3) is 10.9 Å². The van der Waals surface area contributed by atoms with E-state index in [0.29, 0.717) is 36.1 Å². The summed E-state index contributed by atoms with van der Waals surface area (Å²) >= 11 is 6.03. The lowest BCUT2D eigenvalue weighted by molar-refractivity contribution is -0.140. The zero-order chi connectivity index (χ0) is 26.9. The molecule has 0 radical (unpaired) electrons. The molecule has 0 bridgehead atoms. The van der Waals surface area contributed by atoms with E-state index in [4.69, 9.17) is 11.6 Å². The van der Waals surface area contributed by atoms with Crippen LogP contribution in [-0.4, -0.2) is 70.4 Å². The molecule has 200 valence electrons. The van der Waals surface area contributed by atoms with Crippen molar-refractivity contribution in [1.29, 1.82) is 0 Å². The minimum atomic E-state index is -4.70. The van der Waals surface area contributed by atoms with Gasteiger partial charge in [0.15, 0.2) is 0 Å². The lowest BCUT2D eigenvalue weighted by Crippen LogP contribution is -2.43. The maximum atomic E-state index is 13.3. The van der Waals surface area contributed by atoms with Crippen LogP contribution in [0.1, 0.15) is 31.4 Å². The van der Waals surface area contributed by atoms with Crippen LogP contribution in [0, 0.1) is 0 Å². The lowest BCUT2D eigenvalue weighted by Gasteiger charge is -2.30. The molecule has 0 spiro atoms. The van der Waals surface area contributed by atoms with Gasteiger partial charge in [-0.2, -0.15) is 13.2 Å². The lowest BCUT2D eigenvalue weighted by atomic mass is 9.91. The van der Waals surface area contributed by atoms with E-state index in [1.54, 1.807) is 0 Å². The third-order valence-electron chi connectivity index (χ3n) is 5.62. The second-order valence-electron chi connectivity index (χ2n) is 8.94. The summed E-state index contributed by atoms with van der Waals surface area (Å²) in [4.78, 5) is 17.1. The fourth-order valence-corrected chi connectivity index (χ4v) is 7.50. The Morgan fingerprint density at radius 3 is 2.25 bits per heavy atom. The van der Waals surface area contributed by atoms with Crippen molar-refractivity contribution in [1.82, 2.24) is 15.2 Å². The van der Waals surface area contributed by atoms with E-state index in [2.05, 4.69) is 15.6 Å². The van der Waals surface area contributed by atoms with Gasteiger partial charge in [-0.25, -0.2) is 21.8 Å². The predicted molar refractivity (Wildman–Crippen MR) is 131 cm³/mol. The Hall–Kier alpha value is -2.16. The van der Waals surface area contributed by atoms with E-state index in [1.165, 1.54) is 37.2 Å². The average Bonchev–Trinajstić information content (AvgIpc) is 2.73. The van der Waals surface area contributed by atoms with Gasteiger partial charge in [-0.15, -0.1) is 0 Å². The highest BCUT2D eigenvalue weighted by Gasteiger charge is 2.35. The van der Waals surface area contributed by atoms with Crippen molar-refractivity contribution in [3.05, 3.63) is 35.0 Å². The van der Waals surface area contributed by atoms with Gasteiger partial charge < -0.3 is 10.6 Å². The highest BCUT2D eigenvalue weighted by atomic mass is 35.5. The summed E-state index contributed by atoms with van der Waals surface area (Å²) in [5.74, 6) is -2.83. The maximum Gasteiger partial charge on any atom is 0.433 e. The summed E-state index contributed by atoms with van der Waals surface area (Å²) in [6.45, 7) is 0. The van der Waals surface area contributed by atoms with Gasteiger partial charge in [-0.3, -0.25) is 9.69 Å². The number of amides is 1. The van der Waals surface area contributed by atoms with Crippen molar-refractivity contribution in [3.63, 3.8) is 0 Å². The van der Waals surface area contributed by atoms with E-state index in [1.807, 2.05) is 0 Å². The van der Waals surface area contributed by atoms with Crippen LogP contribution < -0.4 is 10.6 Å². The van der Waals surface area contributed by atoms with Crippen LogP contribution in [0.5, 0.6) is 0 Å². The van der Waals surface area contributed by atoms with Gasteiger partial charge in [0.25, 0.3) is 17.7 Å². The number of rotatable bonds is 8. The first-order valence-electron chi connectivity index (χ1n) is 10.9. The molecule has 2 N–H and O–H groups in total. The smallest absolute Gasteiger partial charge is 0.382 e. The summed E-state index contributed by atoms with van der Waals surface area (Å²) in [5.41, 5.74) is -0.659. The second-order valence-corrected chi connectivity index (χ2v) is 15.2. The van der Waals surface area contributed by atoms with Crippen LogP contribution in [0.4, 0.5) is 18.9 Å². The molecule has 1 aromatic carbocycles. The van der Waals surface area contributed by atoms with Crippen molar-refractivity contribution in [2.75, 3.05) is 31.0 Å². The summed E-state index contributed by atoms with van der Waals surface area (Å²) in [7, 11) is -6.45. The molecule has 1 heterocycles. The first-order chi connectivity index (χ1) is 16.6. The number of pyridine rings is 1. The van der Waals surface area contributed by atoms with Crippen molar-refractivity contribution in [2.24, 2.45) is 0 Å². The minimum absolute atomic E-state index is 0.142. The molecule has 2 aromatic rings. The number of nitrogens with one attached hydrogen (secondary N) is 2. The molecule has 36 heavy (non-hydrogen) atoms. The molecule has 1 saturated carbocycles. The summed E-state index contributed by atoms with van der Waals surface area (Å²) in [6.07, 6.45) is -2.84. The molecule has 15 heteroatoms. The maximum absolute atomic E-state index is 13.3. The largest absolute Gasteiger partial charge is 0.433 e. The van der Waals surface area contributed by atoms with Crippen molar-refractivity contribution in [2.45, 2.75) is 43.9 Å². The van der Waals surface area contributed by atoms with Crippen LogP contribution in [-0.2, 0) is 28.7 Å². The molecule has 1 amide bonds. The molecule has 9 nitrogen and oxygen atoms in total. The van der Waals surface area contributed by atoms with Gasteiger partial charge in [0.05, 0.1) is 5.52 Å². The predicted octanol–water partition coefficient (Wildman–Crippen LogP) is 3.01. The topological polar surface area (TPSA) is 126 Å². The van der Waals surface area contributed by atoms with Crippen molar-refractivity contribution in [3.8, 4) is 0 Å². The van der Waals surface area contributed by atoms with Gasteiger partial charge >= 0.3 is 6.18 Å². The average molecular weight is 571 g/mol. The molecule has 0 atom stereocenters. The monoisotopic (exact) mass is 570 g/mol. The zero-order valence-corrected chi connectivity index (χ0v) is 21.9. The van der Waals surface area contributed by atoms with Gasteiger partial charge in [-0.05, 0) is 64.0 Å². The first kappa shape index (κ1) is 28.4. The number of fused-ring (bicyclic) bond motifs is 1. The third-order valence-corrected chi connectivity index (χ3v) is 11.1. The molecule has 0 aliphatic heterocycles. The number of carbonyl (C=O) groups excluding carboxylic acids is 1. The van der Waals surface area contributed by atoms with E-state index in [-0.39, 0.29) is 17.2 Å². The first-order valence-corrected chi connectivity index (χ1v) is 15.1. The number of hydrogen-bond acceptors (Lipinski definition) is 8. The number of benzene rings is 1. The standard InChI is InChI=1S/C21H26ClF3N4O5S2/c1-29(2)12-36(33,34)35(31,32)11-20(30)27-15-6-4-14(5-7-15)26-18-10-19(21(23,24)25)28-17-8-3-13(22)9-16(17)18/h3,8-10,14-15H,4-7,11-12H2,1-2H3,(H,26,28)(H,27,30). The quantitative estimate of drug-likeness (QED) is 0.464.